The summed E-state index contributed by atoms with van der Waals surface area (Å²) in [7, 11) is 3.27. The van der Waals surface area contributed by atoms with Gasteiger partial charge in [0.15, 0.2) is 17.3 Å². The highest BCUT2D eigenvalue weighted by Gasteiger charge is 2.38. The van der Waals surface area contributed by atoms with Crippen LogP contribution in [0.1, 0.15) is 33.0 Å². The molecule has 2 heterocycles. The van der Waals surface area contributed by atoms with Gasteiger partial charge in [0.05, 0.1) is 14.2 Å². The first kappa shape index (κ1) is 22.0. The van der Waals surface area contributed by atoms with E-state index >= 15 is 0 Å². The van der Waals surface area contributed by atoms with Crippen LogP contribution in [0.15, 0.2) is 66.7 Å². The Kier molecular flexibility index (Phi) is 5.97. The van der Waals surface area contributed by atoms with Crippen molar-refractivity contribution in [1.29, 1.82) is 0 Å². The predicted octanol–water partition coefficient (Wildman–Crippen LogP) is 4.11. The van der Waals surface area contributed by atoms with Gasteiger partial charge < -0.3 is 19.1 Å². The molecule has 0 radical (unpaired) electrons. The van der Waals surface area contributed by atoms with Crippen molar-refractivity contribution < 1.29 is 23.8 Å². The Balaban J connectivity index is 1.37. The molecule has 1 unspecified atom stereocenters. The molecule has 0 bridgehead atoms. The predicted molar refractivity (Wildman–Crippen MR) is 128 cm³/mol. The van der Waals surface area contributed by atoms with E-state index in [0.717, 1.165) is 11.1 Å². The van der Waals surface area contributed by atoms with Gasteiger partial charge in [-0.3, -0.25) is 9.59 Å². The summed E-state index contributed by atoms with van der Waals surface area (Å²) in [5.74, 6) is 2.48. The van der Waals surface area contributed by atoms with Crippen molar-refractivity contribution in [2.75, 3.05) is 33.9 Å². The average molecular weight is 458 g/mol. The summed E-state index contributed by atoms with van der Waals surface area (Å²) in [4.78, 5) is 26.8. The molecule has 1 atom stereocenters. The molecule has 0 aromatic heterocycles. The Morgan fingerprint density at radius 2 is 1.71 bits per heavy atom. The summed E-state index contributed by atoms with van der Waals surface area (Å²) < 4.78 is 16.4. The summed E-state index contributed by atoms with van der Waals surface area (Å²) in [6, 6.07) is 21.8. The Morgan fingerprint density at radius 3 is 2.44 bits per heavy atom. The number of methoxy groups -OCH3 is 2. The number of amides is 1. The number of rotatable bonds is 6. The van der Waals surface area contributed by atoms with Gasteiger partial charge in [0.1, 0.15) is 12.4 Å². The van der Waals surface area contributed by atoms with E-state index in [1.54, 1.807) is 32.4 Å². The van der Waals surface area contributed by atoms with Crippen molar-refractivity contribution in [2.45, 2.75) is 12.3 Å². The lowest BCUT2D eigenvalue weighted by molar-refractivity contribution is -0.121. The van der Waals surface area contributed by atoms with Gasteiger partial charge in [0, 0.05) is 42.5 Å². The third kappa shape index (κ3) is 4.12. The fourth-order valence-corrected chi connectivity index (χ4v) is 4.93. The molecule has 0 spiro atoms. The van der Waals surface area contributed by atoms with E-state index in [-0.39, 0.29) is 30.1 Å². The Bertz CT molecular complexity index is 1220. The maximum absolute atomic E-state index is 13.2. The molecule has 1 amide bonds. The normalized spacial score (nSPS) is 16.2. The number of hydrogen-bond acceptors (Lipinski definition) is 5. The largest absolute Gasteiger partial charge is 0.493 e. The number of fused-ring (bicyclic) bond motifs is 1. The SMILES string of the molecule is COc1ccc(C(c2ccccc2)C2CN(C(=O)c3ccc4c(c3)CC(=O)CO4)C2)cc1OC. The number of Topliss-reactive ketones (excluding diaryl/α,β-unsaturated/α-hetero) is 1. The van der Waals surface area contributed by atoms with E-state index < -0.39 is 0 Å². The lowest BCUT2D eigenvalue weighted by atomic mass is 9.76. The van der Waals surface area contributed by atoms with E-state index in [1.807, 2.05) is 35.2 Å². The molecule has 5 rings (SSSR count). The summed E-state index contributed by atoms with van der Waals surface area (Å²) in [6.07, 6.45) is 0.314. The first-order valence-corrected chi connectivity index (χ1v) is 11.4. The molecule has 0 aliphatic carbocycles. The molecule has 174 valence electrons. The number of carbonyl (C=O) groups is 2. The molecule has 1 fully saturated rings. The molecule has 34 heavy (non-hydrogen) atoms. The van der Waals surface area contributed by atoms with Crippen molar-refractivity contribution in [3.8, 4) is 17.2 Å². The molecule has 0 saturated carbocycles. The fourth-order valence-electron chi connectivity index (χ4n) is 4.93. The highest BCUT2D eigenvalue weighted by molar-refractivity contribution is 5.96. The topological polar surface area (TPSA) is 65.1 Å². The van der Waals surface area contributed by atoms with Gasteiger partial charge >= 0.3 is 0 Å². The van der Waals surface area contributed by atoms with Crippen LogP contribution in [0, 0.1) is 5.92 Å². The number of nitrogens with zero attached hydrogens (tertiary/aromatic N) is 1. The summed E-state index contributed by atoms with van der Waals surface area (Å²) >= 11 is 0. The lowest BCUT2D eigenvalue weighted by Gasteiger charge is -2.44. The van der Waals surface area contributed by atoms with Crippen LogP contribution in [-0.2, 0) is 11.2 Å². The van der Waals surface area contributed by atoms with Gasteiger partial charge in [-0.1, -0.05) is 36.4 Å². The Hall–Kier alpha value is -3.80. The number of benzene rings is 3. The number of hydrogen-bond donors (Lipinski definition) is 0. The minimum atomic E-state index is -0.0174. The number of ether oxygens (including phenoxy) is 3. The van der Waals surface area contributed by atoms with Gasteiger partial charge in [-0.05, 0) is 41.5 Å². The van der Waals surface area contributed by atoms with E-state index in [0.29, 0.717) is 42.3 Å². The number of ketones is 1. The van der Waals surface area contributed by atoms with E-state index in [2.05, 4.69) is 18.2 Å². The molecule has 1 saturated heterocycles. The van der Waals surface area contributed by atoms with Crippen LogP contribution in [0.3, 0.4) is 0 Å². The van der Waals surface area contributed by atoms with Crippen molar-refractivity contribution in [3.05, 3.63) is 89.0 Å². The molecular formula is C28H27NO5. The van der Waals surface area contributed by atoms with E-state index in [1.165, 1.54) is 5.56 Å². The second-order valence-corrected chi connectivity index (χ2v) is 8.80. The van der Waals surface area contributed by atoms with Crippen LogP contribution in [0.25, 0.3) is 0 Å². The zero-order valence-corrected chi connectivity index (χ0v) is 19.3. The van der Waals surface area contributed by atoms with Gasteiger partial charge in [-0.2, -0.15) is 0 Å². The van der Waals surface area contributed by atoms with Crippen molar-refractivity contribution >= 4 is 11.7 Å². The second-order valence-electron chi connectivity index (χ2n) is 8.80. The third-order valence-corrected chi connectivity index (χ3v) is 6.68. The van der Waals surface area contributed by atoms with E-state index in [4.69, 9.17) is 14.2 Å². The molecule has 3 aromatic rings. The molecule has 3 aromatic carbocycles. The number of carbonyl (C=O) groups excluding carboxylic acids is 2. The summed E-state index contributed by atoms with van der Waals surface area (Å²) in [6.45, 7) is 1.41. The second kappa shape index (κ2) is 9.21. The zero-order valence-electron chi connectivity index (χ0n) is 19.3. The molecule has 2 aliphatic heterocycles. The Morgan fingerprint density at radius 1 is 0.941 bits per heavy atom. The summed E-state index contributed by atoms with van der Waals surface area (Å²) in [5, 5.41) is 0. The van der Waals surface area contributed by atoms with Crippen LogP contribution >= 0.6 is 0 Å². The molecule has 0 N–H and O–H groups in total. The summed E-state index contributed by atoms with van der Waals surface area (Å²) in [5.41, 5.74) is 3.71. The monoisotopic (exact) mass is 457 g/mol. The quantitative estimate of drug-likeness (QED) is 0.557. The van der Waals surface area contributed by atoms with Crippen LogP contribution < -0.4 is 14.2 Å². The highest BCUT2D eigenvalue weighted by Crippen LogP contribution is 2.41. The molecular weight excluding hydrogens is 430 g/mol. The van der Waals surface area contributed by atoms with Gasteiger partial charge in [-0.25, -0.2) is 0 Å². The van der Waals surface area contributed by atoms with Gasteiger partial charge in [0.2, 0.25) is 0 Å². The standard InChI is InChI=1S/C28H27NO5/c1-32-25-11-8-19(14-26(25)33-2)27(18-6-4-3-5-7-18)22-15-29(16-22)28(31)20-9-10-24-21(12-20)13-23(30)17-34-24/h3-12,14,22,27H,13,15-17H2,1-2H3. The minimum Gasteiger partial charge on any atom is -0.493 e. The maximum Gasteiger partial charge on any atom is 0.253 e. The first-order chi connectivity index (χ1) is 16.6. The van der Waals surface area contributed by atoms with E-state index in [9.17, 15) is 9.59 Å². The average Bonchev–Trinajstić information content (AvgIpc) is 2.85. The van der Waals surface area contributed by atoms with Crippen molar-refractivity contribution in [3.63, 3.8) is 0 Å². The van der Waals surface area contributed by atoms with Crippen molar-refractivity contribution in [1.82, 2.24) is 4.90 Å². The minimum absolute atomic E-state index is 0.0174. The Labute approximate surface area is 199 Å². The smallest absolute Gasteiger partial charge is 0.253 e. The maximum atomic E-state index is 13.2. The molecule has 6 heteroatoms. The zero-order chi connectivity index (χ0) is 23.7. The van der Waals surface area contributed by atoms with Crippen molar-refractivity contribution in [2.24, 2.45) is 5.92 Å². The molecule has 2 aliphatic rings. The lowest BCUT2D eigenvalue weighted by Crippen LogP contribution is -2.52. The van der Waals surface area contributed by atoms with Crippen LogP contribution in [-0.4, -0.2) is 50.5 Å². The molecule has 6 nitrogen and oxygen atoms in total. The fraction of sp³-hybridized carbons (Fsp3) is 0.286. The van der Waals surface area contributed by atoms with Crippen LogP contribution in [0.2, 0.25) is 0 Å². The highest BCUT2D eigenvalue weighted by atomic mass is 16.5. The van der Waals surface area contributed by atoms with Gasteiger partial charge in [0.25, 0.3) is 5.91 Å². The third-order valence-electron chi connectivity index (χ3n) is 6.68. The van der Waals surface area contributed by atoms with Crippen LogP contribution in [0.4, 0.5) is 0 Å². The first-order valence-electron chi connectivity index (χ1n) is 11.4. The van der Waals surface area contributed by atoms with Gasteiger partial charge in [-0.15, -0.1) is 0 Å². The van der Waals surface area contributed by atoms with Crippen LogP contribution in [0.5, 0.6) is 17.2 Å². The number of likely N-dealkylation sites (tertiary alicyclic amines) is 1.